The van der Waals surface area contributed by atoms with Crippen molar-refractivity contribution in [3.63, 3.8) is 0 Å². The molecule has 1 aliphatic rings. The summed E-state index contributed by atoms with van der Waals surface area (Å²) in [5, 5.41) is 8.54. The summed E-state index contributed by atoms with van der Waals surface area (Å²) >= 11 is 0. The van der Waals surface area contributed by atoms with Gasteiger partial charge in [-0.15, -0.1) is 0 Å². The summed E-state index contributed by atoms with van der Waals surface area (Å²) < 4.78 is 5.04. The second-order valence-corrected chi connectivity index (χ2v) is 2.19. The van der Waals surface area contributed by atoms with Gasteiger partial charge in [0.1, 0.15) is 12.4 Å². The van der Waals surface area contributed by atoms with Gasteiger partial charge in [-0.25, -0.2) is 0 Å². The summed E-state index contributed by atoms with van der Waals surface area (Å²) in [6, 6.07) is 0. The first-order chi connectivity index (χ1) is 4.36. The zero-order chi connectivity index (χ0) is 6.69. The monoisotopic (exact) mass is 130 g/mol. The van der Waals surface area contributed by atoms with Crippen molar-refractivity contribution in [3.8, 4) is 0 Å². The molecule has 1 rings (SSSR count). The third-order valence-corrected chi connectivity index (χ3v) is 1.50. The second kappa shape index (κ2) is 2.94. The van der Waals surface area contributed by atoms with Crippen LogP contribution in [0.3, 0.4) is 0 Å². The summed E-state index contributed by atoms with van der Waals surface area (Å²) in [4.78, 5) is 10.1. The molecule has 0 bridgehead atoms. The van der Waals surface area contributed by atoms with Gasteiger partial charge in [-0.05, 0) is 12.8 Å². The smallest absolute Gasteiger partial charge is 0.148 e. The molecule has 3 heteroatoms. The Morgan fingerprint density at radius 1 is 1.67 bits per heavy atom. The van der Waals surface area contributed by atoms with Crippen molar-refractivity contribution < 1.29 is 14.6 Å². The SMILES string of the molecule is O=CC1CCC(CO)O1. The van der Waals surface area contributed by atoms with Crippen LogP contribution in [0, 0.1) is 0 Å². The molecule has 1 saturated heterocycles. The summed E-state index contributed by atoms with van der Waals surface area (Å²) in [6.07, 6.45) is 1.99. The Balaban J connectivity index is 2.28. The Hall–Kier alpha value is -0.410. The van der Waals surface area contributed by atoms with Gasteiger partial charge in [-0.2, -0.15) is 0 Å². The number of carbonyl (C=O) groups excluding carboxylic acids is 1. The molecule has 0 amide bonds. The average Bonchev–Trinajstić information content (AvgIpc) is 2.34. The van der Waals surface area contributed by atoms with Crippen molar-refractivity contribution in [2.24, 2.45) is 0 Å². The first-order valence-electron chi connectivity index (χ1n) is 3.08. The molecular weight excluding hydrogens is 120 g/mol. The quantitative estimate of drug-likeness (QED) is 0.523. The third kappa shape index (κ3) is 1.50. The molecule has 0 radical (unpaired) electrons. The fourth-order valence-electron chi connectivity index (χ4n) is 0.968. The van der Waals surface area contributed by atoms with Crippen molar-refractivity contribution in [1.29, 1.82) is 0 Å². The summed E-state index contributed by atoms with van der Waals surface area (Å²) in [5.41, 5.74) is 0. The van der Waals surface area contributed by atoms with Crippen LogP contribution >= 0.6 is 0 Å². The molecular formula is C6H10O3. The highest BCUT2D eigenvalue weighted by molar-refractivity contribution is 5.56. The maximum Gasteiger partial charge on any atom is 0.148 e. The summed E-state index contributed by atoms with van der Waals surface area (Å²) in [6.45, 7) is 0.0321. The zero-order valence-corrected chi connectivity index (χ0v) is 5.12. The molecule has 3 nitrogen and oxygen atoms in total. The van der Waals surface area contributed by atoms with Crippen LogP contribution in [0.5, 0.6) is 0 Å². The fourth-order valence-corrected chi connectivity index (χ4v) is 0.968. The lowest BCUT2D eigenvalue weighted by molar-refractivity contribution is -0.118. The van der Waals surface area contributed by atoms with Crippen LogP contribution in [0.15, 0.2) is 0 Å². The lowest BCUT2D eigenvalue weighted by Gasteiger charge is -2.04. The van der Waals surface area contributed by atoms with E-state index in [0.29, 0.717) is 0 Å². The van der Waals surface area contributed by atoms with E-state index < -0.39 is 0 Å². The molecule has 1 aliphatic heterocycles. The van der Waals surface area contributed by atoms with E-state index in [1.165, 1.54) is 0 Å². The first kappa shape index (κ1) is 6.71. The van der Waals surface area contributed by atoms with E-state index in [1.807, 2.05) is 0 Å². The predicted octanol–water partition coefficient (Wildman–Crippen LogP) is -0.275. The largest absolute Gasteiger partial charge is 0.394 e. The molecule has 0 aromatic carbocycles. The Labute approximate surface area is 53.6 Å². The normalized spacial score (nSPS) is 34.8. The number of aliphatic hydroxyl groups excluding tert-OH is 1. The lowest BCUT2D eigenvalue weighted by atomic mass is 10.2. The molecule has 2 atom stereocenters. The van der Waals surface area contributed by atoms with Crippen LogP contribution in [0.25, 0.3) is 0 Å². The fraction of sp³-hybridized carbons (Fsp3) is 0.833. The van der Waals surface area contributed by atoms with E-state index in [4.69, 9.17) is 9.84 Å². The highest BCUT2D eigenvalue weighted by atomic mass is 16.5. The second-order valence-electron chi connectivity index (χ2n) is 2.19. The molecule has 1 heterocycles. The van der Waals surface area contributed by atoms with Gasteiger partial charge < -0.3 is 14.6 Å². The Morgan fingerprint density at radius 3 is 2.78 bits per heavy atom. The van der Waals surface area contributed by atoms with Crippen LogP contribution in [-0.4, -0.2) is 30.2 Å². The molecule has 52 valence electrons. The van der Waals surface area contributed by atoms with Gasteiger partial charge in [-0.1, -0.05) is 0 Å². The number of carbonyl (C=O) groups is 1. The van der Waals surface area contributed by atoms with Crippen LogP contribution in [0.1, 0.15) is 12.8 Å². The van der Waals surface area contributed by atoms with E-state index in [9.17, 15) is 4.79 Å². The van der Waals surface area contributed by atoms with Crippen molar-refractivity contribution in [3.05, 3.63) is 0 Å². The number of ether oxygens (including phenoxy) is 1. The number of hydrogen-bond acceptors (Lipinski definition) is 3. The first-order valence-corrected chi connectivity index (χ1v) is 3.08. The van der Waals surface area contributed by atoms with E-state index >= 15 is 0 Å². The molecule has 1 fully saturated rings. The molecule has 0 aromatic heterocycles. The predicted molar refractivity (Wildman–Crippen MR) is 31.0 cm³/mol. The molecule has 0 aromatic rings. The molecule has 2 unspecified atom stereocenters. The highest BCUT2D eigenvalue weighted by Gasteiger charge is 2.23. The van der Waals surface area contributed by atoms with Gasteiger partial charge in [0.25, 0.3) is 0 Å². The minimum atomic E-state index is -0.262. The average molecular weight is 130 g/mol. The number of aldehydes is 1. The standard InChI is InChI=1S/C6H10O3/c7-3-5-1-2-6(4-8)9-5/h3,5-6,8H,1-2,4H2. The van der Waals surface area contributed by atoms with Crippen LogP contribution in [-0.2, 0) is 9.53 Å². The van der Waals surface area contributed by atoms with Gasteiger partial charge in [0, 0.05) is 0 Å². The molecule has 0 aliphatic carbocycles. The van der Waals surface area contributed by atoms with Crippen molar-refractivity contribution in [2.75, 3.05) is 6.61 Å². The van der Waals surface area contributed by atoms with Crippen LogP contribution in [0.4, 0.5) is 0 Å². The van der Waals surface area contributed by atoms with E-state index in [0.717, 1.165) is 19.1 Å². The van der Waals surface area contributed by atoms with E-state index in [-0.39, 0.29) is 18.8 Å². The van der Waals surface area contributed by atoms with Gasteiger partial charge >= 0.3 is 0 Å². The lowest BCUT2D eigenvalue weighted by Crippen LogP contribution is -2.14. The van der Waals surface area contributed by atoms with Gasteiger partial charge in [0.05, 0.1) is 12.7 Å². The summed E-state index contributed by atoms with van der Waals surface area (Å²) in [5.74, 6) is 0. The van der Waals surface area contributed by atoms with Crippen LogP contribution < -0.4 is 0 Å². The van der Waals surface area contributed by atoms with Crippen molar-refractivity contribution in [1.82, 2.24) is 0 Å². The molecule has 1 N–H and O–H groups in total. The Bertz CT molecular complexity index is 102. The zero-order valence-electron chi connectivity index (χ0n) is 5.12. The maximum absolute atomic E-state index is 10.1. The van der Waals surface area contributed by atoms with Crippen LogP contribution in [0.2, 0.25) is 0 Å². The number of aliphatic hydroxyl groups is 1. The van der Waals surface area contributed by atoms with E-state index in [2.05, 4.69) is 0 Å². The minimum Gasteiger partial charge on any atom is -0.394 e. The highest BCUT2D eigenvalue weighted by Crippen LogP contribution is 2.16. The van der Waals surface area contributed by atoms with E-state index in [1.54, 1.807) is 0 Å². The maximum atomic E-state index is 10.1. The third-order valence-electron chi connectivity index (χ3n) is 1.50. The number of rotatable bonds is 2. The molecule has 0 saturated carbocycles. The van der Waals surface area contributed by atoms with Crippen molar-refractivity contribution >= 4 is 6.29 Å². The molecule has 9 heavy (non-hydrogen) atoms. The number of hydrogen-bond donors (Lipinski definition) is 1. The van der Waals surface area contributed by atoms with Gasteiger partial charge in [0.15, 0.2) is 0 Å². The van der Waals surface area contributed by atoms with Crippen molar-refractivity contribution in [2.45, 2.75) is 25.0 Å². The topological polar surface area (TPSA) is 46.5 Å². The Kier molecular flexibility index (Phi) is 2.19. The van der Waals surface area contributed by atoms with Gasteiger partial charge in [0.2, 0.25) is 0 Å². The van der Waals surface area contributed by atoms with Gasteiger partial charge in [-0.3, -0.25) is 0 Å². The Morgan fingerprint density at radius 2 is 2.44 bits per heavy atom. The molecule has 0 spiro atoms. The summed E-state index contributed by atoms with van der Waals surface area (Å²) in [7, 11) is 0. The minimum absolute atomic E-state index is 0.0321.